The first-order valence-corrected chi connectivity index (χ1v) is 27.0. The molecule has 0 aliphatic carbocycles. The van der Waals surface area contributed by atoms with Gasteiger partial charge in [0.05, 0.1) is 18.8 Å². The van der Waals surface area contributed by atoms with Gasteiger partial charge in [-0.25, -0.2) is 0 Å². The highest BCUT2D eigenvalue weighted by Gasteiger charge is 2.17. The van der Waals surface area contributed by atoms with Crippen LogP contribution < -0.4 is 5.32 Å². The van der Waals surface area contributed by atoms with Crippen molar-refractivity contribution >= 4 is 5.91 Å². The fourth-order valence-corrected chi connectivity index (χ4v) is 7.71. The summed E-state index contributed by atoms with van der Waals surface area (Å²) in [7, 11) is 0. The summed E-state index contributed by atoms with van der Waals surface area (Å²) in [4.78, 5) is 12.4. The van der Waals surface area contributed by atoms with Crippen LogP contribution in [0.1, 0.15) is 251 Å². The summed E-state index contributed by atoms with van der Waals surface area (Å²) in [5.74, 6) is -0.112. The molecule has 4 nitrogen and oxygen atoms in total. The van der Waals surface area contributed by atoms with Crippen LogP contribution in [0.3, 0.4) is 0 Å². The molecule has 0 rings (SSSR count). The number of carbonyl (C=O) groups excluding carboxylic acids is 1. The average molecular weight is 874 g/mol. The average Bonchev–Trinajstić information content (AvgIpc) is 3.29. The molecule has 0 spiro atoms. The van der Waals surface area contributed by atoms with Crippen LogP contribution in [0.4, 0.5) is 0 Å². The van der Waals surface area contributed by atoms with Crippen LogP contribution in [-0.4, -0.2) is 34.9 Å². The predicted molar refractivity (Wildman–Crippen MR) is 280 cm³/mol. The van der Waals surface area contributed by atoms with E-state index in [0.29, 0.717) is 6.42 Å². The molecule has 0 saturated carbocycles. The van der Waals surface area contributed by atoms with Crippen molar-refractivity contribution in [2.75, 3.05) is 6.61 Å². The van der Waals surface area contributed by atoms with Crippen molar-refractivity contribution in [3.05, 3.63) is 97.2 Å². The SMILES string of the molecule is CC/C=C\C/C=C\C/C=C\C/C=C\C/C=C\CCCCCC(=O)NC(CO)C(O)/C=C/CC/C=C/CC/C=C/CCCCCCCCCCCCCCCCCCCCCCCC. The van der Waals surface area contributed by atoms with E-state index < -0.39 is 12.1 Å². The van der Waals surface area contributed by atoms with E-state index in [1.165, 1.54) is 148 Å². The molecule has 3 N–H and O–H groups in total. The van der Waals surface area contributed by atoms with Gasteiger partial charge in [0.15, 0.2) is 0 Å². The predicted octanol–water partition coefficient (Wildman–Crippen LogP) is 17.7. The van der Waals surface area contributed by atoms with E-state index in [2.05, 4.69) is 104 Å². The number of rotatable bonds is 48. The second-order valence-electron chi connectivity index (χ2n) is 17.9. The van der Waals surface area contributed by atoms with Crippen molar-refractivity contribution in [2.45, 2.75) is 264 Å². The van der Waals surface area contributed by atoms with Crippen molar-refractivity contribution in [3.63, 3.8) is 0 Å². The van der Waals surface area contributed by atoms with E-state index in [1.807, 2.05) is 6.08 Å². The molecule has 362 valence electrons. The number of nitrogens with one attached hydrogen (secondary N) is 1. The summed E-state index contributed by atoms with van der Waals surface area (Å²) in [5.41, 5.74) is 0. The van der Waals surface area contributed by atoms with Crippen LogP contribution in [0.5, 0.6) is 0 Å². The molecule has 0 saturated heterocycles. The van der Waals surface area contributed by atoms with Crippen LogP contribution in [0.2, 0.25) is 0 Å². The summed E-state index contributed by atoms with van der Waals surface area (Å²) in [6.07, 6.45) is 80.0. The van der Waals surface area contributed by atoms with Gasteiger partial charge in [-0.05, 0) is 89.9 Å². The number of amides is 1. The number of unbranched alkanes of at least 4 members (excludes halogenated alkanes) is 27. The quantitative estimate of drug-likeness (QED) is 0.0421. The number of carbonyl (C=O) groups is 1. The van der Waals surface area contributed by atoms with Gasteiger partial charge in [0, 0.05) is 6.42 Å². The fraction of sp³-hybridized carbons (Fsp3) is 0.712. The first-order chi connectivity index (χ1) is 31.2. The Morgan fingerprint density at radius 3 is 1.11 bits per heavy atom. The van der Waals surface area contributed by atoms with E-state index >= 15 is 0 Å². The highest BCUT2D eigenvalue weighted by atomic mass is 16.3. The first kappa shape index (κ1) is 60.3. The van der Waals surface area contributed by atoms with Gasteiger partial charge in [-0.1, -0.05) is 252 Å². The van der Waals surface area contributed by atoms with Crippen LogP contribution in [-0.2, 0) is 4.79 Å². The lowest BCUT2D eigenvalue weighted by molar-refractivity contribution is -0.123. The van der Waals surface area contributed by atoms with E-state index in [1.54, 1.807) is 6.08 Å². The molecule has 63 heavy (non-hydrogen) atoms. The monoisotopic (exact) mass is 874 g/mol. The third-order valence-corrected chi connectivity index (χ3v) is 11.8. The Hall–Kier alpha value is -2.69. The second kappa shape index (κ2) is 53.6. The molecule has 0 aromatic carbocycles. The summed E-state index contributed by atoms with van der Waals surface area (Å²) >= 11 is 0. The maximum atomic E-state index is 12.4. The minimum atomic E-state index is -0.892. The van der Waals surface area contributed by atoms with Gasteiger partial charge in [-0.15, -0.1) is 0 Å². The Kier molecular flexibility index (Phi) is 51.4. The molecular formula is C59H103NO3. The van der Waals surface area contributed by atoms with Gasteiger partial charge in [0.2, 0.25) is 5.91 Å². The summed E-state index contributed by atoms with van der Waals surface area (Å²) in [6, 6.07) is -0.671. The van der Waals surface area contributed by atoms with Gasteiger partial charge < -0.3 is 15.5 Å². The Balaban J connectivity index is 3.62. The maximum absolute atomic E-state index is 12.4. The Morgan fingerprint density at radius 2 is 0.714 bits per heavy atom. The topological polar surface area (TPSA) is 69.6 Å². The molecule has 0 aromatic heterocycles. The maximum Gasteiger partial charge on any atom is 0.220 e. The number of aliphatic hydroxyl groups excluding tert-OH is 2. The molecule has 0 aromatic rings. The fourth-order valence-electron chi connectivity index (χ4n) is 7.71. The molecule has 0 fully saturated rings. The van der Waals surface area contributed by atoms with Crippen LogP contribution in [0, 0.1) is 0 Å². The Morgan fingerprint density at radius 1 is 0.397 bits per heavy atom. The standard InChI is InChI=1S/C59H103NO3/c1-3-5-7-9-11-13-15-17-19-21-23-24-25-26-27-28-29-30-31-32-33-34-35-37-38-40-42-44-46-48-50-52-54-58(62)57(56-61)60-59(63)55-53-51-49-47-45-43-41-39-36-22-20-18-16-14-12-10-8-6-4-2/h6,8,12,14,18,20,36-39,43-46,52,54,57-58,61-62H,3-5,7,9-11,13,15-17,19,21-35,40-42,47-51,53,55-56H2,1-2H3,(H,60,63)/b8-6-,14-12-,20-18-,38-37+,39-36-,45-43-,46-44+,54-52+. The van der Waals surface area contributed by atoms with E-state index in [0.717, 1.165) is 83.5 Å². The minimum absolute atomic E-state index is 0.112. The van der Waals surface area contributed by atoms with Gasteiger partial charge in [0.25, 0.3) is 0 Å². The second-order valence-corrected chi connectivity index (χ2v) is 17.9. The number of aliphatic hydroxyl groups is 2. The molecule has 0 aliphatic rings. The summed E-state index contributed by atoms with van der Waals surface area (Å²) < 4.78 is 0. The minimum Gasteiger partial charge on any atom is -0.394 e. The molecule has 1 amide bonds. The van der Waals surface area contributed by atoms with Gasteiger partial charge in [-0.2, -0.15) is 0 Å². The summed E-state index contributed by atoms with van der Waals surface area (Å²) in [5, 5.41) is 23.1. The molecular weight excluding hydrogens is 771 g/mol. The lowest BCUT2D eigenvalue weighted by Crippen LogP contribution is -2.45. The molecule has 0 heterocycles. The third kappa shape index (κ3) is 50.2. The highest BCUT2D eigenvalue weighted by molar-refractivity contribution is 5.76. The molecule has 0 radical (unpaired) electrons. The number of hydrogen-bond donors (Lipinski definition) is 3. The third-order valence-electron chi connectivity index (χ3n) is 11.8. The van der Waals surface area contributed by atoms with Gasteiger partial charge in [0.1, 0.15) is 0 Å². The first-order valence-electron chi connectivity index (χ1n) is 27.0. The smallest absolute Gasteiger partial charge is 0.220 e. The van der Waals surface area contributed by atoms with Crippen LogP contribution >= 0.6 is 0 Å². The molecule has 2 unspecified atom stereocenters. The zero-order valence-corrected chi connectivity index (χ0v) is 41.6. The van der Waals surface area contributed by atoms with Crippen molar-refractivity contribution in [2.24, 2.45) is 0 Å². The molecule has 0 aliphatic heterocycles. The lowest BCUT2D eigenvalue weighted by Gasteiger charge is -2.19. The van der Waals surface area contributed by atoms with E-state index in [-0.39, 0.29) is 12.5 Å². The van der Waals surface area contributed by atoms with Crippen molar-refractivity contribution in [1.29, 1.82) is 0 Å². The van der Waals surface area contributed by atoms with Crippen LogP contribution in [0.15, 0.2) is 97.2 Å². The van der Waals surface area contributed by atoms with E-state index in [4.69, 9.17) is 0 Å². The van der Waals surface area contributed by atoms with Crippen molar-refractivity contribution < 1.29 is 15.0 Å². The zero-order valence-electron chi connectivity index (χ0n) is 41.6. The highest BCUT2D eigenvalue weighted by Crippen LogP contribution is 2.16. The Bertz CT molecular complexity index is 1170. The van der Waals surface area contributed by atoms with E-state index in [9.17, 15) is 15.0 Å². The molecule has 4 heteroatoms. The zero-order chi connectivity index (χ0) is 45.6. The van der Waals surface area contributed by atoms with Crippen molar-refractivity contribution in [3.8, 4) is 0 Å². The molecule has 0 bridgehead atoms. The molecule has 2 atom stereocenters. The number of hydrogen-bond acceptors (Lipinski definition) is 3. The van der Waals surface area contributed by atoms with Gasteiger partial charge in [-0.3, -0.25) is 4.79 Å². The van der Waals surface area contributed by atoms with Crippen molar-refractivity contribution in [1.82, 2.24) is 5.32 Å². The lowest BCUT2D eigenvalue weighted by atomic mass is 10.0. The van der Waals surface area contributed by atoms with Crippen LogP contribution in [0.25, 0.3) is 0 Å². The summed E-state index contributed by atoms with van der Waals surface area (Å²) in [6.45, 7) is 4.17. The normalized spacial score (nSPS) is 13.7. The largest absolute Gasteiger partial charge is 0.394 e. The number of allylic oxidation sites excluding steroid dienone is 15. The van der Waals surface area contributed by atoms with Gasteiger partial charge >= 0.3 is 0 Å². The Labute approximate surface area is 392 Å².